The molecule has 0 saturated heterocycles. The van der Waals surface area contributed by atoms with E-state index in [0.29, 0.717) is 11.4 Å². The molecule has 0 atom stereocenters. The number of nitrogens with zero attached hydrogens (tertiary/aromatic N) is 1. The summed E-state index contributed by atoms with van der Waals surface area (Å²) in [5, 5.41) is 2.85. The maximum atomic E-state index is 12.2. The number of nitrogens with one attached hydrogen (secondary N) is 1. The van der Waals surface area contributed by atoms with E-state index in [1.807, 2.05) is 42.5 Å². The fraction of sp³-hybridized carbons (Fsp3) is 0.136. The summed E-state index contributed by atoms with van der Waals surface area (Å²) >= 11 is 0. The maximum absolute atomic E-state index is 12.2. The number of hydrogen-bond donors (Lipinski definition) is 1. The van der Waals surface area contributed by atoms with Crippen LogP contribution in [0.4, 0.5) is 5.69 Å². The van der Waals surface area contributed by atoms with Crippen molar-refractivity contribution < 1.29 is 9.53 Å². The lowest BCUT2D eigenvalue weighted by molar-refractivity contribution is -0.111. The van der Waals surface area contributed by atoms with Gasteiger partial charge in [0.2, 0.25) is 5.91 Å². The van der Waals surface area contributed by atoms with Crippen LogP contribution in [-0.4, -0.2) is 17.6 Å². The van der Waals surface area contributed by atoms with Crippen molar-refractivity contribution in [1.29, 1.82) is 0 Å². The highest BCUT2D eigenvalue weighted by Gasteiger charge is 2.09. The van der Waals surface area contributed by atoms with Crippen molar-refractivity contribution in [2.45, 2.75) is 13.8 Å². The van der Waals surface area contributed by atoms with Crippen molar-refractivity contribution in [2.75, 3.05) is 12.4 Å². The van der Waals surface area contributed by atoms with Gasteiger partial charge in [0.05, 0.1) is 7.11 Å². The summed E-state index contributed by atoms with van der Waals surface area (Å²) in [5.74, 6) is 0.529. The smallest absolute Gasteiger partial charge is 0.248 e. The van der Waals surface area contributed by atoms with Crippen molar-refractivity contribution >= 4 is 17.7 Å². The molecule has 0 bridgehead atoms. The molecule has 26 heavy (non-hydrogen) atoms. The molecular formula is C22H22N2O2. The van der Waals surface area contributed by atoms with Crippen molar-refractivity contribution in [2.24, 2.45) is 0 Å². The van der Waals surface area contributed by atoms with Gasteiger partial charge in [0.1, 0.15) is 5.75 Å². The van der Waals surface area contributed by atoms with Crippen LogP contribution in [0.5, 0.6) is 5.75 Å². The lowest BCUT2D eigenvalue weighted by Gasteiger charge is -2.09. The Bertz CT molecular complexity index is 940. The molecule has 132 valence electrons. The van der Waals surface area contributed by atoms with Crippen LogP contribution in [0.1, 0.15) is 17.0 Å². The summed E-state index contributed by atoms with van der Waals surface area (Å²) in [6.45, 7) is 4.12. The minimum atomic E-state index is -0.178. The van der Waals surface area contributed by atoms with E-state index >= 15 is 0 Å². The Labute approximate surface area is 153 Å². The first-order valence-corrected chi connectivity index (χ1v) is 8.46. The number of anilines is 1. The SMILES string of the molecule is COc1cccc(NC(=O)/C=C/c2cc(C)n(-c3ccccc3)c2C)c1. The molecule has 1 amide bonds. The van der Waals surface area contributed by atoms with Gasteiger partial charge in [-0.1, -0.05) is 24.3 Å². The minimum absolute atomic E-state index is 0.178. The number of carbonyl (C=O) groups is 1. The zero-order valence-electron chi connectivity index (χ0n) is 15.2. The molecule has 4 heteroatoms. The molecule has 1 N–H and O–H groups in total. The summed E-state index contributed by atoms with van der Waals surface area (Å²) in [5.41, 5.74) is 5.06. The highest BCUT2D eigenvalue weighted by atomic mass is 16.5. The zero-order valence-corrected chi connectivity index (χ0v) is 15.2. The van der Waals surface area contributed by atoms with Gasteiger partial charge in [-0.3, -0.25) is 4.79 Å². The Hall–Kier alpha value is -3.27. The molecule has 0 saturated carbocycles. The molecule has 0 aliphatic rings. The fourth-order valence-corrected chi connectivity index (χ4v) is 2.98. The van der Waals surface area contributed by atoms with Crippen LogP contribution in [0.15, 0.2) is 66.7 Å². The Balaban J connectivity index is 1.77. The number of aromatic nitrogens is 1. The Morgan fingerprint density at radius 3 is 2.54 bits per heavy atom. The average Bonchev–Trinajstić information content (AvgIpc) is 2.94. The number of methoxy groups -OCH3 is 1. The Morgan fingerprint density at radius 1 is 1.04 bits per heavy atom. The summed E-state index contributed by atoms with van der Waals surface area (Å²) in [7, 11) is 1.60. The Kier molecular flexibility index (Phi) is 5.23. The summed E-state index contributed by atoms with van der Waals surface area (Å²) < 4.78 is 7.35. The van der Waals surface area contributed by atoms with Gasteiger partial charge in [0, 0.05) is 34.9 Å². The van der Waals surface area contributed by atoms with E-state index in [4.69, 9.17) is 4.74 Å². The fourth-order valence-electron chi connectivity index (χ4n) is 2.98. The molecular weight excluding hydrogens is 324 g/mol. The molecule has 1 heterocycles. The third kappa shape index (κ3) is 3.86. The summed E-state index contributed by atoms with van der Waals surface area (Å²) in [6.07, 6.45) is 3.40. The number of hydrogen-bond acceptors (Lipinski definition) is 2. The average molecular weight is 346 g/mol. The van der Waals surface area contributed by atoms with Gasteiger partial charge >= 0.3 is 0 Å². The van der Waals surface area contributed by atoms with Gasteiger partial charge < -0.3 is 14.6 Å². The van der Waals surface area contributed by atoms with E-state index in [1.165, 1.54) is 0 Å². The first kappa shape index (κ1) is 17.5. The van der Waals surface area contributed by atoms with Crippen molar-refractivity contribution in [1.82, 2.24) is 4.57 Å². The van der Waals surface area contributed by atoms with Gasteiger partial charge in [-0.2, -0.15) is 0 Å². The van der Waals surface area contributed by atoms with Gasteiger partial charge in [-0.25, -0.2) is 0 Å². The first-order chi connectivity index (χ1) is 12.6. The molecule has 0 aliphatic carbocycles. The van der Waals surface area contributed by atoms with E-state index < -0.39 is 0 Å². The van der Waals surface area contributed by atoms with E-state index in [0.717, 1.165) is 22.6 Å². The lowest BCUT2D eigenvalue weighted by atomic mass is 10.2. The van der Waals surface area contributed by atoms with Crippen LogP contribution in [0.25, 0.3) is 11.8 Å². The lowest BCUT2D eigenvalue weighted by Crippen LogP contribution is -2.07. The number of amides is 1. The summed E-state index contributed by atoms with van der Waals surface area (Å²) in [4.78, 5) is 12.2. The number of para-hydroxylation sites is 1. The highest BCUT2D eigenvalue weighted by molar-refractivity contribution is 6.02. The Morgan fingerprint density at radius 2 is 1.81 bits per heavy atom. The number of carbonyl (C=O) groups excluding carboxylic acids is 1. The van der Waals surface area contributed by atoms with Crippen molar-refractivity contribution in [3.05, 3.63) is 83.7 Å². The number of benzene rings is 2. The first-order valence-electron chi connectivity index (χ1n) is 8.46. The van der Waals surface area contributed by atoms with Gasteiger partial charge in [0.15, 0.2) is 0 Å². The molecule has 0 spiro atoms. The van der Waals surface area contributed by atoms with Crippen LogP contribution in [0, 0.1) is 13.8 Å². The standard InChI is InChI=1S/C22H22N2O2/c1-16-14-18(17(2)24(16)20-9-5-4-6-10-20)12-13-22(25)23-19-8-7-11-21(15-19)26-3/h4-15H,1-3H3,(H,23,25)/b13-12+. The molecule has 4 nitrogen and oxygen atoms in total. The molecule has 0 radical (unpaired) electrons. The van der Waals surface area contributed by atoms with E-state index in [2.05, 4.69) is 41.9 Å². The molecule has 1 aromatic heterocycles. The maximum Gasteiger partial charge on any atom is 0.248 e. The minimum Gasteiger partial charge on any atom is -0.497 e. The number of rotatable bonds is 5. The second kappa shape index (κ2) is 7.74. The highest BCUT2D eigenvalue weighted by Crippen LogP contribution is 2.22. The third-order valence-corrected chi connectivity index (χ3v) is 4.24. The van der Waals surface area contributed by atoms with E-state index in [1.54, 1.807) is 19.3 Å². The second-order valence-corrected chi connectivity index (χ2v) is 6.05. The monoisotopic (exact) mass is 346 g/mol. The predicted molar refractivity (Wildman–Crippen MR) is 106 cm³/mol. The van der Waals surface area contributed by atoms with Crippen molar-refractivity contribution in [3.8, 4) is 11.4 Å². The normalized spacial score (nSPS) is 10.9. The van der Waals surface area contributed by atoms with Crippen LogP contribution in [-0.2, 0) is 4.79 Å². The molecule has 2 aromatic carbocycles. The summed E-state index contributed by atoms with van der Waals surface area (Å²) in [6, 6.07) is 19.6. The van der Waals surface area contributed by atoms with Crippen LogP contribution in [0.3, 0.4) is 0 Å². The van der Waals surface area contributed by atoms with Crippen LogP contribution in [0.2, 0.25) is 0 Å². The number of aryl methyl sites for hydroxylation is 1. The molecule has 3 aromatic rings. The zero-order chi connectivity index (χ0) is 18.5. The predicted octanol–water partition coefficient (Wildman–Crippen LogP) is 4.75. The van der Waals surface area contributed by atoms with Gasteiger partial charge in [0.25, 0.3) is 0 Å². The van der Waals surface area contributed by atoms with Gasteiger partial charge in [-0.05, 0) is 55.8 Å². The number of ether oxygens (including phenoxy) is 1. The quantitative estimate of drug-likeness (QED) is 0.677. The largest absolute Gasteiger partial charge is 0.497 e. The van der Waals surface area contributed by atoms with Crippen LogP contribution >= 0.6 is 0 Å². The molecule has 0 unspecified atom stereocenters. The molecule has 0 aliphatic heterocycles. The van der Waals surface area contributed by atoms with E-state index in [9.17, 15) is 4.79 Å². The molecule has 3 rings (SSSR count). The van der Waals surface area contributed by atoms with Gasteiger partial charge in [-0.15, -0.1) is 0 Å². The molecule has 0 fully saturated rings. The van der Waals surface area contributed by atoms with Crippen molar-refractivity contribution in [3.63, 3.8) is 0 Å². The van der Waals surface area contributed by atoms with E-state index in [-0.39, 0.29) is 5.91 Å². The topological polar surface area (TPSA) is 43.3 Å². The second-order valence-electron chi connectivity index (χ2n) is 6.05. The van der Waals surface area contributed by atoms with Crippen LogP contribution < -0.4 is 10.1 Å². The third-order valence-electron chi connectivity index (χ3n) is 4.24.